The third-order valence-electron chi connectivity index (χ3n) is 5.29. The van der Waals surface area contributed by atoms with Crippen molar-refractivity contribution < 1.29 is 28.5 Å². The topological polar surface area (TPSA) is 86.7 Å². The van der Waals surface area contributed by atoms with Crippen LogP contribution < -0.4 is 14.2 Å². The van der Waals surface area contributed by atoms with Crippen molar-refractivity contribution in [1.29, 1.82) is 0 Å². The van der Waals surface area contributed by atoms with E-state index in [1.165, 1.54) is 23.9 Å². The zero-order valence-electron chi connectivity index (χ0n) is 19.2. The van der Waals surface area contributed by atoms with E-state index >= 15 is 0 Å². The van der Waals surface area contributed by atoms with E-state index in [1.807, 2.05) is 42.5 Å². The molecule has 176 valence electrons. The summed E-state index contributed by atoms with van der Waals surface area (Å²) in [6.07, 6.45) is 0.774. The molecule has 9 heteroatoms. The number of hydrazone groups is 1. The lowest BCUT2D eigenvalue weighted by molar-refractivity contribution is -0.140. The summed E-state index contributed by atoms with van der Waals surface area (Å²) < 4.78 is 21.0. The van der Waals surface area contributed by atoms with Gasteiger partial charge in [0.05, 0.1) is 52.4 Å². The van der Waals surface area contributed by atoms with Crippen LogP contribution in [0.3, 0.4) is 0 Å². The van der Waals surface area contributed by atoms with Crippen molar-refractivity contribution in [1.82, 2.24) is 5.01 Å². The van der Waals surface area contributed by atoms with Crippen LogP contribution in [0.1, 0.15) is 30.0 Å². The molecule has 0 aliphatic carbocycles. The molecule has 0 fully saturated rings. The van der Waals surface area contributed by atoms with E-state index in [0.29, 0.717) is 23.7 Å². The van der Waals surface area contributed by atoms with Gasteiger partial charge in [-0.05, 0) is 35.9 Å². The molecule has 0 saturated carbocycles. The fourth-order valence-electron chi connectivity index (χ4n) is 3.60. The first-order valence-corrected chi connectivity index (χ1v) is 11.6. The molecule has 0 spiro atoms. The molecule has 0 N–H and O–H groups in total. The summed E-state index contributed by atoms with van der Waals surface area (Å²) in [5.41, 5.74) is 2.52. The third kappa shape index (κ3) is 5.78. The van der Waals surface area contributed by atoms with Gasteiger partial charge in [-0.25, -0.2) is 5.01 Å². The molecule has 33 heavy (non-hydrogen) atoms. The molecule has 1 atom stereocenters. The van der Waals surface area contributed by atoms with Gasteiger partial charge in [-0.15, -0.1) is 0 Å². The minimum absolute atomic E-state index is 0.150. The number of methoxy groups -OCH3 is 4. The van der Waals surface area contributed by atoms with Crippen LogP contribution in [-0.2, 0) is 14.3 Å². The smallest absolute Gasteiger partial charge is 0.306 e. The van der Waals surface area contributed by atoms with Gasteiger partial charge in [0.15, 0.2) is 11.5 Å². The summed E-state index contributed by atoms with van der Waals surface area (Å²) in [6, 6.07) is 12.8. The molecule has 0 radical (unpaired) electrons. The molecule has 0 bridgehead atoms. The van der Waals surface area contributed by atoms with Crippen LogP contribution in [0, 0.1) is 0 Å². The van der Waals surface area contributed by atoms with E-state index < -0.39 is 0 Å². The fourth-order valence-corrected chi connectivity index (χ4v) is 4.36. The Morgan fingerprint density at radius 2 is 1.79 bits per heavy atom. The molecular formula is C24H28N2O6S. The first kappa shape index (κ1) is 24.4. The van der Waals surface area contributed by atoms with Gasteiger partial charge < -0.3 is 18.9 Å². The van der Waals surface area contributed by atoms with Crippen LogP contribution in [0.5, 0.6) is 17.2 Å². The molecule has 1 aliphatic rings. The minimum Gasteiger partial charge on any atom is -0.497 e. The molecule has 0 unspecified atom stereocenters. The first-order chi connectivity index (χ1) is 16.0. The van der Waals surface area contributed by atoms with Crippen LogP contribution >= 0.6 is 11.8 Å². The maximum Gasteiger partial charge on any atom is 0.306 e. The molecule has 8 nitrogen and oxygen atoms in total. The third-order valence-corrected chi connectivity index (χ3v) is 6.23. The molecule has 0 saturated heterocycles. The number of amides is 1. The van der Waals surface area contributed by atoms with E-state index in [2.05, 4.69) is 4.74 Å². The maximum absolute atomic E-state index is 13.2. The molecule has 1 heterocycles. The maximum atomic E-state index is 13.2. The molecule has 2 aromatic carbocycles. The minimum atomic E-state index is -0.346. The van der Waals surface area contributed by atoms with E-state index in [0.717, 1.165) is 22.6 Å². The average Bonchev–Trinajstić information content (AvgIpc) is 3.31. The van der Waals surface area contributed by atoms with Gasteiger partial charge in [0, 0.05) is 17.7 Å². The average molecular weight is 473 g/mol. The van der Waals surface area contributed by atoms with Gasteiger partial charge >= 0.3 is 5.97 Å². The van der Waals surface area contributed by atoms with E-state index in [9.17, 15) is 9.59 Å². The number of benzene rings is 2. The second kappa shape index (κ2) is 11.6. The van der Waals surface area contributed by atoms with Crippen molar-refractivity contribution >= 4 is 29.4 Å². The Bertz CT molecular complexity index is 1010. The number of thioether (sulfide) groups is 1. The summed E-state index contributed by atoms with van der Waals surface area (Å²) in [5, 5.41) is 6.21. The van der Waals surface area contributed by atoms with Crippen molar-refractivity contribution in [3.8, 4) is 17.2 Å². The number of carbonyl (C=O) groups excluding carboxylic acids is 2. The van der Waals surface area contributed by atoms with E-state index in [1.54, 1.807) is 21.3 Å². The Morgan fingerprint density at radius 1 is 1.03 bits per heavy atom. The largest absolute Gasteiger partial charge is 0.497 e. The van der Waals surface area contributed by atoms with Crippen LogP contribution in [0.2, 0.25) is 0 Å². The highest BCUT2D eigenvalue weighted by Gasteiger charge is 2.35. The standard InChI is InChI=1S/C24H28N2O6S/c1-29-17-10-8-16(9-11-17)19-14-20(18-6-5-7-21(30-2)24(18)32-4)26(25-19)22(27)15-33-13-12-23(28)31-3/h5-11,20H,12-15H2,1-4H3/t20-/m1/s1. The van der Waals surface area contributed by atoms with Crippen LogP contribution in [-0.4, -0.2) is 62.5 Å². The number of esters is 1. The van der Waals surface area contributed by atoms with Gasteiger partial charge in [0.1, 0.15) is 5.75 Å². The van der Waals surface area contributed by atoms with Crippen molar-refractivity contribution in [2.75, 3.05) is 39.9 Å². The molecule has 0 aromatic heterocycles. The molecular weight excluding hydrogens is 444 g/mol. The number of para-hydroxylation sites is 1. The summed E-state index contributed by atoms with van der Waals surface area (Å²) in [5.74, 6) is 2.16. The van der Waals surface area contributed by atoms with Crippen molar-refractivity contribution in [2.24, 2.45) is 5.10 Å². The predicted molar refractivity (Wildman–Crippen MR) is 127 cm³/mol. The van der Waals surface area contributed by atoms with Crippen LogP contribution in [0.25, 0.3) is 0 Å². The Balaban J connectivity index is 1.87. The van der Waals surface area contributed by atoms with Gasteiger partial charge in [-0.1, -0.05) is 12.1 Å². The zero-order valence-corrected chi connectivity index (χ0v) is 20.0. The van der Waals surface area contributed by atoms with E-state index in [4.69, 9.17) is 19.3 Å². The first-order valence-electron chi connectivity index (χ1n) is 10.4. The Hall–Kier alpha value is -3.20. The normalized spacial score (nSPS) is 15.1. The number of hydrogen-bond acceptors (Lipinski definition) is 8. The summed E-state index contributed by atoms with van der Waals surface area (Å²) >= 11 is 1.37. The SMILES string of the molecule is COC(=O)CCSCC(=O)N1N=C(c2ccc(OC)cc2)C[C@@H]1c1cccc(OC)c1OC. The molecule has 2 aromatic rings. The predicted octanol–water partition coefficient (Wildman–Crippen LogP) is 3.69. The zero-order chi connectivity index (χ0) is 23.8. The van der Waals surface area contributed by atoms with Crippen molar-refractivity contribution in [2.45, 2.75) is 18.9 Å². The molecule has 1 aliphatic heterocycles. The summed E-state index contributed by atoms with van der Waals surface area (Å²) in [4.78, 5) is 24.5. The van der Waals surface area contributed by atoms with Gasteiger partial charge in [0.25, 0.3) is 5.91 Å². The quantitative estimate of drug-likeness (QED) is 0.385. The van der Waals surface area contributed by atoms with E-state index in [-0.39, 0.29) is 30.1 Å². The molecule has 3 rings (SSSR count). The fraction of sp³-hybridized carbons (Fsp3) is 0.375. The monoisotopic (exact) mass is 472 g/mol. The lowest BCUT2D eigenvalue weighted by atomic mass is 9.97. The lowest BCUT2D eigenvalue weighted by Gasteiger charge is -2.24. The molecule has 1 amide bonds. The number of hydrogen-bond donors (Lipinski definition) is 0. The summed E-state index contributed by atoms with van der Waals surface area (Å²) in [7, 11) is 6.13. The van der Waals surface area contributed by atoms with Crippen LogP contribution in [0.4, 0.5) is 0 Å². The van der Waals surface area contributed by atoms with Crippen molar-refractivity contribution in [3.63, 3.8) is 0 Å². The Kier molecular flexibility index (Phi) is 8.59. The number of ether oxygens (including phenoxy) is 4. The summed E-state index contributed by atoms with van der Waals surface area (Å²) in [6.45, 7) is 0. The highest BCUT2D eigenvalue weighted by molar-refractivity contribution is 7.99. The van der Waals surface area contributed by atoms with Crippen molar-refractivity contribution in [3.05, 3.63) is 53.6 Å². The lowest BCUT2D eigenvalue weighted by Crippen LogP contribution is -2.29. The number of nitrogens with zero attached hydrogens (tertiary/aromatic N) is 2. The number of carbonyl (C=O) groups is 2. The number of rotatable bonds is 10. The Labute approximate surface area is 197 Å². The van der Waals surface area contributed by atoms with Gasteiger partial charge in [0.2, 0.25) is 0 Å². The highest BCUT2D eigenvalue weighted by Crippen LogP contribution is 2.42. The highest BCUT2D eigenvalue weighted by atomic mass is 32.2. The second-order valence-corrected chi connectivity index (χ2v) is 8.30. The Morgan fingerprint density at radius 3 is 2.42 bits per heavy atom. The van der Waals surface area contributed by atoms with Gasteiger partial charge in [-0.3, -0.25) is 9.59 Å². The van der Waals surface area contributed by atoms with Gasteiger partial charge in [-0.2, -0.15) is 16.9 Å². The van der Waals surface area contributed by atoms with Crippen LogP contribution in [0.15, 0.2) is 47.6 Å². The second-order valence-electron chi connectivity index (χ2n) is 7.19.